The van der Waals surface area contributed by atoms with Gasteiger partial charge in [-0.3, -0.25) is 0 Å². The highest BCUT2D eigenvalue weighted by molar-refractivity contribution is 7.89. The molecule has 0 aliphatic carbocycles. The minimum Gasteiger partial charge on any atom is -0.439 e. The van der Waals surface area contributed by atoms with E-state index in [9.17, 15) is 4.80 Å². The molecule has 0 unspecified atom stereocenters. The van der Waals surface area contributed by atoms with Crippen LogP contribution in [0.4, 0.5) is 0 Å². The maximum atomic E-state index is 11.7. The molecule has 0 radical (unpaired) electrons. The van der Waals surface area contributed by atoms with Gasteiger partial charge in [0.25, 0.3) is 0 Å². The molecule has 0 spiro atoms. The average Bonchev–Trinajstić information content (AvgIpc) is 2.27. The van der Waals surface area contributed by atoms with Gasteiger partial charge in [-0.05, 0) is 0 Å². The van der Waals surface area contributed by atoms with E-state index in [2.05, 4.69) is 76.1 Å². The summed E-state index contributed by atoms with van der Waals surface area (Å²) in [5.74, 6) is 0. The van der Waals surface area contributed by atoms with Crippen LogP contribution in [0, 0.1) is 0 Å². The number of rotatable bonds is 6. The minimum atomic E-state index is -2.37. The van der Waals surface area contributed by atoms with Gasteiger partial charge in [0.2, 0.25) is 0 Å². The molecule has 0 aliphatic heterocycles. The summed E-state index contributed by atoms with van der Waals surface area (Å²) in [6.07, 6.45) is 0. The van der Waals surface area contributed by atoms with Crippen LogP contribution in [-0.2, 0) is 0 Å². The van der Waals surface area contributed by atoms with Gasteiger partial charge in [-0.2, -0.15) is 0 Å². The SMILES string of the molecule is C=C[Si](C)(C)[Si](O)([Si](C)(C)C=C)[Si](C)(C)C=C. The summed E-state index contributed by atoms with van der Waals surface area (Å²) >= 11 is 0. The van der Waals surface area contributed by atoms with Crippen LogP contribution in [0.1, 0.15) is 0 Å². The Bertz CT molecular complexity index is 281. The molecule has 0 aromatic carbocycles. The zero-order valence-corrected chi connectivity index (χ0v) is 16.3. The van der Waals surface area contributed by atoms with Crippen LogP contribution in [-0.4, -0.2) is 34.4 Å². The largest absolute Gasteiger partial charge is 0.439 e. The minimum absolute atomic E-state index is 1.80. The summed E-state index contributed by atoms with van der Waals surface area (Å²) in [5, 5.41) is 0. The topological polar surface area (TPSA) is 20.2 Å². The fourth-order valence-electron chi connectivity index (χ4n) is 2.93. The molecule has 17 heavy (non-hydrogen) atoms. The molecular weight excluding hydrogens is 272 g/mol. The van der Waals surface area contributed by atoms with Crippen molar-refractivity contribution < 1.29 is 4.80 Å². The molecule has 0 amide bonds. The van der Waals surface area contributed by atoms with E-state index in [1.54, 1.807) is 0 Å². The first kappa shape index (κ1) is 17.0. The van der Waals surface area contributed by atoms with Crippen LogP contribution in [0.5, 0.6) is 0 Å². The quantitative estimate of drug-likeness (QED) is 0.745. The summed E-state index contributed by atoms with van der Waals surface area (Å²) in [6, 6.07) is 0. The van der Waals surface area contributed by atoms with Crippen molar-refractivity contribution in [2.45, 2.75) is 39.3 Å². The van der Waals surface area contributed by atoms with Gasteiger partial charge in [0.15, 0.2) is 6.87 Å². The third-order valence-electron chi connectivity index (χ3n) is 4.33. The monoisotopic (exact) mass is 300 g/mol. The van der Waals surface area contributed by atoms with E-state index >= 15 is 0 Å². The zero-order valence-electron chi connectivity index (χ0n) is 12.3. The Morgan fingerprint density at radius 3 is 0.941 bits per heavy atom. The standard InChI is InChI=1S/C12H28OSi4/c1-10-14(4,5)17(13,15(6,7)11-2)16(8,9)12-3/h10-13H,1-3H2,4-9H3. The Morgan fingerprint density at radius 1 is 0.647 bits per heavy atom. The molecule has 0 saturated carbocycles. The Morgan fingerprint density at radius 2 is 0.824 bits per heavy atom. The molecule has 0 aromatic rings. The highest BCUT2D eigenvalue weighted by Gasteiger charge is 2.64. The first-order chi connectivity index (χ1) is 7.43. The van der Waals surface area contributed by atoms with E-state index < -0.39 is 29.6 Å². The molecule has 0 atom stereocenters. The van der Waals surface area contributed by atoms with Gasteiger partial charge in [0.05, 0.1) is 22.8 Å². The van der Waals surface area contributed by atoms with Crippen molar-refractivity contribution in [2.75, 3.05) is 0 Å². The van der Waals surface area contributed by atoms with Crippen LogP contribution in [0.25, 0.3) is 0 Å². The Balaban J connectivity index is 6.15. The Kier molecular flexibility index (Phi) is 4.98. The molecule has 0 saturated heterocycles. The summed E-state index contributed by atoms with van der Waals surface area (Å²) in [6.45, 7) is 23.2. The normalized spacial score (nSPS) is 14.3. The van der Waals surface area contributed by atoms with Gasteiger partial charge in [0, 0.05) is 0 Å². The van der Waals surface area contributed by atoms with E-state index in [1.807, 2.05) is 0 Å². The second-order valence-electron chi connectivity index (χ2n) is 6.49. The molecule has 0 aliphatic rings. The number of hydrogen-bond acceptors (Lipinski definition) is 1. The smallest absolute Gasteiger partial charge is 0.167 e. The van der Waals surface area contributed by atoms with E-state index in [1.165, 1.54) is 0 Å². The fraction of sp³-hybridized carbons (Fsp3) is 0.500. The lowest BCUT2D eigenvalue weighted by Crippen LogP contribution is -2.84. The lowest BCUT2D eigenvalue weighted by Gasteiger charge is -2.53. The predicted octanol–water partition coefficient (Wildman–Crippen LogP) is 3.46. The Labute approximate surface area is 110 Å². The molecule has 5 heteroatoms. The van der Waals surface area contributed by atoms with Crippen LogP contribution in [0.2, 0.25) is 39.3 Å². The third kappa shape index (κ3) is 2.44. The molecule has 1 N–H and O–H groups in total. The van der Waals surface area contributed by atoms with Crippen LogP contribution in [0.15, 0.2) is 36.8 Å². The first-order valence-corrected chi connectivity index (χ1v) is 20.2. The lowest BCUT2D eigenvalue weighted by atomic mass is 11.3. The van der Waals surface area contributed by atoms with Crippen LogP contribution < -0.4 is 0 Å². The van der Waals surface area contributed by atoms with E-state index in [-0.39, 0.29) is 0 Å². The summed E-state index contributed by atoms with van der Waals surface area (Å²) in [4.78, 5) is 11.7. The van der Waals surface area contributed by atoms with Gasteiger partial charge >= 0.3 is 0 Å². The van der Waals surface area contributed by atoms with Crippen LogP contribution >= 0.6 is 0 Å². The van der Waals surface area contributed by atoms with Crippen LogP contribution in [0.3, 0.4) is 0 Å². The van der Waals surface area contributed by atoms with Gasteiger partial charge in [-0.1, -0.05) is 39.3 Å². The highest BCUT2D eigenvalue weighted by atomic mass is 29.9. The molecule has 1 nitrogen and oxygen atoms in total. The van der Waals surface area contributed by atoms with Crippen molar-refractivity contribution in [3.05, 3.63) is 36.8 Å². The second kappa shape index (κ2) is 4.97. The second-order valence-corrected chi connectivity index (χ2v) is 42.1. The molecule has 0 rings (SSSR count). The highest BCUT2D eigenvalue weighted by Crippen LogP contribution is 2.36. The van der Waals surface area contributed by atoms with E-state index in [0.717, 1.165) is 0 Å². The van der Waals surface area contributed by atoms with Crippen molar-refractivity contribution in [3.63, 3.8) is 0 Å². The third-order valence-corrected chi connectivity index (χ3v) is 66.4. The summed E-state index contributed by atoms with van der Waals surface area (Å²) < 4.78 is 0. The summed E-state index contributed by atoms with van der Waals surface area (Å²) in [7, 11) is -5.41. The van der Waals surface area contributed by atoms with E-state index in [4.69, 9.17) is 0 Å². The maximum Gasteiger partial charge on any atom is 0.167 e. The van der Waals surface area contributed by atoms with Gasteiger partial charge in [0.1, 0.15) is 0 Å². The lowest BCUT2D eigenvalue weighted by molar-refractivity contribution is 0.595. The molecule has 0 aromatic heterocycles. The zero-order chi connectivity index (χ0) is 14.1. The van der Waals surface area contributed by atoms with Crippen molar-refractivity contribution in [3.8, 4) is 0 Å². The molecule has 0 bridgehead atoms. The Hall–Kier alpha value is 0.0475. The molecule has 0 fully saturated rings. The first-order valence-electron chi connectivity index (χ1n) is 6.06. The maximum absolute atomic E-state index is 11.7. The number of hydrogen-bond donors (Lipinski definition) is 1. The fourth-order valence-corrected chi connectivity index (χ4v) is 76.8. The predicted molar refractivity (Wildman–Crippen MR) is 91.0 cm³/mol. The van der Waals surface area contributed by atoms with Crippen molar-refractivity contribution in [1.82, 2.24) is 0 Å². The average molecular weight is 301 g/mol. The van der Waals surface area contributed by atoms with Crippen molar-refractivity contribution >= 4 is 29.6 Å². The van der Waals surface area contributed by atoms with Gasteiger partial charge < -0.3 is 4.80 Å². The van der Waals surface area contributed by atoms with Gasteiger partial charge in [-0.15, -0.1) is 36.8 Å². The summed E-state index contributed by atoms with van der Waals surface area (Å²) in [5.41, 5.74) is 6.24. The van der Waals surface area contributed by atoms with Crippen molar-refractivity contribution in [2.24, 2.45) is 0 Å². The molecule has 0 heterocycles. The van der Waals surface area contributed by atoms with E-state index in [0.29, 0.717) is 0 Å². The van der Waals surface area contributed by atoms with Crippen molar-refractivity contribution in [1.29, 1.82) is 0 Å². The molecular formula is C12H28OSi4. The van der Waals surface area contributed by atoms with Gasteiger partial charge in [-0.25, -0.2) is 0 Å². The molecule has 98 valence electrons.